The third-order valence-electron chi connectivity index (χ3n) is 14.5. The summed E-state index contributed by atoms with van der Waals surface area (Å²) in [5, 5.41) is 25.6. The van der Waals surface area contributed by atoms with Gasteiger partial charge in [-0.2, -0.15) is 0 Å². The molecule has 0 radical (unpaired) electrons. The third kappa shape index (κ3) is 22.9. The molecule has 0 heterocycles. The lowest BCUT2D eigenvalue weighted by atomic mass is 9.77. The molecule has 0 aliphatic carbocycles. The maximum Gasteiger partial charge on any atom is 0.243 e. The van der Waals surface area contributed by atoms with Crippen LogP contribution in [0.25, 0.3) is 0 Å². The highest BCUT2D eigenvalue weighted by molar-refractivity contribution is 5.98. The molecule has 0 saturated heterocycles. The Morgan fingerprint density at radius 3 is 1.51 bits per heavy atom. The Bertz CT molecular complexity index is 2650. The highest BCUT2D eigenvalue weighted by Crippen LogP contribution is 2.37. The average Bonchev–Trinajstić information content (AvgIpc) is 1.22. The Morgan fingerprint density at radius 1 is 0.506 bits per heavy atom. The van der Waals surface area contributed by atoms with Crippen molar-refractivity contribution in [2.24, 2.45) is 11.8 Å². The number of amides is 8. The number of benzene rings is 4. The molecule has 0 fully saturated rings. The van der Waals surface area contributed by atoms with Gasteiger partial charge >= 0.3 is 0 Å². The van der Waals surface area contributed by atoms with E-state index in [0.29, 0.717) is 38.2 Å². The fourth-order valence-electron chi connectivity index (χ4n) is 9.52. The summed E-state index contributed by atoms with van der Waals surface area (Å²) in [4.78, 5) is 126. The molecular weight excluding hydrogens is 1080 g/mol. The molecule has 8 amide bonds. The van der Waals surface area contributed by atoms with Crippen molar-refractivity contribution in [1.29, 1.82) is 0 Å². The fourth-order valence-corrected chi connectivity index (χ4v) is 9.52. The fraction of sp³-hybridized carbons (Fsp3) is 0.492. The molecule has 0 saturated carbocycles. The largest absolute Gasteiger partial charge is 0.378 e. The lowest BCUT2D eigenvalue weighted by Gasteiger charge is -2.37. The van der Waals surface area contributed by atoms with Gasteiger partial charge in [-0.1, -0.05) is 169 Å². The van der Waals surface area contributed by atoms with Crippen LogP contribution in [0.15, 0.2) is 115 Å². The molecule has 4 rings (SSSR count). The zero-order chi connectivity index (χ0) is 62.3. The Morgan fingerprint density at radius 2 is 1.00 bits per heavy atom. The maximum absolute atomic E-state index is 14.9. The van der Waals surface area contributed by atoms with Gasteiger partial charge in [0.25, 0.3) is 0 Å². The quantitative estimate of drug-likeness (QED) is 0.0220. The zero-order valence-corrected chi connectivity index (χ0v) is 51.0. The number of ketones is 1. The number of hydrogen-bond donors (Lipinski definition) is 9. The van der Waals surface area contributed by atoms with Gasteiger partial charge in [0.05, 0.1) is 26.4 Å². The van der Waals surface area contributed by atoms with Crippen molar-refractivity contribution in [3.63, 3.8) is 0 Å². The van der Waals surface area contributed by atoms with Crippen molar-refractivity contribution in [1.82, 2.24) is 47.9 Å². The van der Waals surface area contributed by atoms with Gasteiger partial charge in [-0.15, -0.1) is 0 Å². The Labute approximate surface area is 501 Å². The number of aryl methyl sites for hydroxylation is 1. The van der Waals surface area contributed by atoms with E-state index in [4.69, 9.17) is 9.47 Å². The van der Waals surface area contributed by atoms with Crippen molar-refractivity contribution in [3.05, 3.63) is 143 Å². The molecule has 9 N–H and O–H groups in total. The molecule has 0 aromatic heterocycles. The number of carbonyl (C=O) groups is 9. The lowest BCUT2D eigenvalue weighted by molar-refractivity contribution is -0.136. The van der Waals surface area contributed by atoms with Crippen LogP contribution < -0.4 is 47.9 Å². The van der Waals surface area contributed by atoms with E-state index in [2.05, 4.69) is 47.9 Å². The first-order chi connectivity index (χ1) is 40.8. The number of Topliss-reactive ketones (excluding diaryl/α,β-unsaturated/α-hetero) is 1. The Hall–Kier alpha value is -7.81. The number of ether oxygens (including phenoxy) is 2. The second-order valence-electron chi connectivity index (χ2n) is 21.8. The zero-order valence-electron chi connectivity index (χ0n) is 51.0. The molecule has 0 aliphatic heterocycles. The van der Waals surface area contributed by atoms with E-state index >= 15 is 0 Å². The van der Waals surface area contributed by atoms with Crippen molar-refractivity contribution in [3.8, 4) is 0 Å². The molecule has 7 atom stereocenters. The lowest BCUT2D eigenvalue weighted by Crippen LogP contribution is -2.61. The van der Waals surface area contributed by atoms with Crippen LogP contribution in [0.5, 0.6) is 0 Å². The highest BCUT2D eigenvalue weighted by Gasteiger charge is 2.39. The summed E-state index contributed by atoms with van der Waals surface area (Å²) in [7, 11) is 1.81. The van der Waals surface area contributed by atoms with Gasteiger partial charge in [0.2, 0.25) is 47.3 Å². The first-order valence-electron chi connectivity index (χ1n) is 29.7. The summed E-state index contributed by atoms with van der Waals surface area (Å²) in [6.45, 7) is 15.8. The summed E-state index contributed by atoms with van der Waals surface area (Å²) < 4.78 is 11.1. The number of likely N-dealkylation sites (N-methyl/N-ethyl adjacent to an activating group) is 1. The van der Waals surface area contributed by atoms with Gasteiger partial charge in [-0.05, 0) is 74.2 Å². The van der Waals surface area contributed by atoms with Crippen LogP contribution in [0, 0.1) is 18.8 Å². The van der Waals surface area contributed by atoms with Crippen molar-refractivity contribution in [2.45, 2.75) is 149 Å². The van der Waals surface area contributed by atoms with Crippen molar-refractivity contribution < 1.29 is 52.6 Å². The van der Waals surface area contributed by atoms with E-state index in [0.717, 1.165) is 22.3 Å². The van der Waals surface area contributed by atoms with E-state index in [1.807, 2.05) is 150 Å². The molecule has 0 aliphatic rings. The smallest absolute Gasteiger partial charge is 0.243 e. The van der Waals surface area contributed by atoms with Crippen LogP contribution in [0.2, 0.25) is 0 Å². The Kier molecular flexibility index (Phi) is 30.2. The summed E-state index contributed by atoms with van der Waals surface area (Å²) in [5.74, 6) is -6.13. The van der Waals surface area contributed by atoms with Crippen LogP contribution in [0.4, 0.5) is 0 Å². The Balaban J connectivity index is 1.69. The second kappa shape index (κ2) is 36.8. The molecule has 0 bridgehead atoms. The van der Waals surface area contributed by atoms with Gasteiger partial charge in [0.1, 0.15) is 47.6 Å². The number of hydrogen-bond acceptors (Lipinski definition) is 12. The van der Waals surface area contributed by atoms with E-state index < -0.39 is 101 Å². The summed E-state index contributed by atoms with van der Waals surface area (Å²) in [5.41, 5.74) is 2.65. The predicted molar refractivity (Wildman–Crippen MR) is 326 cm³/mol. The standard InChI is InChI=1S/C65H91N9O11/c1-10-45(7)58(73-63(82)55(42-47-30-28-44(6)29-31-47)72-60(79)51(11-2)69-62(81)53(40-43(4)5)68-56(76)12-3)64(83)70-52(61(80)71-54(41-46(8)75)59(78)67-35-37-85-39-38-84-36-34-66-9)32-33-57(77)74-65(48-22-16-13-17-23-48,49-24-18-14-19-25-49)50-26-20-15-21-27-50/h13-31,43,45,51-55,58,66H,10-12,32-42H2,1-9H3,(H,67,78)(H,68,76)(H,69,81)(H,70,83)(H,71,80)(H,72,79)(H,73,82)(H,74,77)/t45?,51-,52-,53-,54-,55-,58-/m0/s1. The van der Waals surface area contributed by atoms with E-state index in [-0.39, 0.29) is 63.7 Å². The minimum atomic E-state index is -1.52. The molecule has 4 aromatic rings. The molecule has 4 aromatic carbocycles. The number of rotatable bonds is 38. The summed E-state index contributed by atoms with van der Waals surface area (Å²) in [6.07, 6.45) is -0.104. The van der Waals surface area contributed by atoms with Crippen LogP contribution in [-0.2, 0) is 64.6 Å². The topological polar surface area (TPSA) is 280 Å². The van der Waals surface area contributed by atoms with Crippen LogP contribution in [0.1, 0.15) is 121 Å². The van der Waals surface area contributed by atoms with Gasteiger partial charge in [-0.25, -0.2) is 0 Å². The minimum absolute atomic E-state index is 0.0205. The molecule has 1 unspecified atom stereocenters. The third-order valence-corrected chi connectivity index (χ3v) is 14.5. The van der Waals surface area contributed by atoms with E-state index in [1.165, 1.54) is 6.92 Å². The SMILES string of the molecule is CCC(=O)N[C@@H](CC(C)C)C(=O)N[C@@H](CC)C(=O)N[C@@H](Cc1ccc(C)cc1)C(=O)N[C@H](C(=O)N[C@@H](CCC(=O)NC(c1ccccc1)(c1ccccc1)c1ccccc1)C(=O)N[C@@H](CC(C)=O)C(=O)NCCOCCOCCNC)C(C)CC. The van der Waals surface area contributed by atoms with Crippen molar-refractivity contribution >= 4 is 53.0 Å². The van der Waals surface area contributed by atoms with E-state index in [1.54, 1.807) is 20.8 Å². The van der Waals surface area contributed by atoms with Gasteiger partial charge in [0.15, 0.2) is 0 Å². The van der Waals surface area contributed by atoms with E-state index in [9.17, 15) is 43.2 Å². The molecule has 85 heavy (non-hydrogen) atoms. The molecule has 462 valence electrons. The first kappa shape index (κ1) is 69.7. The molecule has 20 heteroatoms. The monoisotopic (exact) mass is 1170 g/mol. The number of carbonyl (C=O) groups excluding carboxylic acids is 9. The van der Waals surface area contributed by atoms with Gasteiger partial charge in [0, 0.05) is 38.8 Å². The average molecular weight is 1170 g/mol. The predicted octanol–water partition coefficient (Wildman–Crippen LogP) is 4.59. The second-order valence-corrected chi connectivity index (χ2v) is 21.8. The number of nitrogens with one attached hydrogen (secondary N) is 9. The summed E-state index contributed by atoms with van der Waals surface area (Å²) in [6, 6.07) is 28.1. The molecular formula is C65H91N9O11. The summed E-state index contributed by atoms with van der Waals surface area (Å²) >= 11 is 0. The van der Waals surface area contributed by atoms with Crippen LogP contribution in [-0.4, -0.2) is 136 Å². The maximum atomic E-state index is 14.9. The van der Waals surface area contributed by atoms with Gasteiger partial charge in [-0.3, -0.25) is 43.2 Å². The molecule has 20 nitrogen and oxygen atoms in total. The first-order valence-corrected chi connectivity index (χ1v) is 29.7. The van der Waals surface area contributed by atoms with Crippen LogP contribution in [0.3, 0.4) is 0 Å². The normalized spacial score (nSPS) is 13.8. The molecule has 0 spiro atoms. The van der Waals surface area contributed by atoms with Crippen LogP contribution >= 0.6 is 0 Å². The highest BCUT2D eigenvalue weighted by atomic mass is 16.5. The van der Waals surface area contributed by atoms with Crippen molar-refractivity contribution in [2.75, 3.05) is 46.6 Å². The minimum Gasteiger partial charge on any atom is -0.378 e. The van der Waals surface area contributed by atoms with Gasteiger partial charge < -0.3 is 57.3 Å².